The Hall–Kier alpha value is -1.23. The number of ketones is 1. The fourth-order valence-corrected chi connectivity index (χ4v) is 1.76. The van der Waals surface area contributed by atoms with E-state index in [1.54, 1.807) is 4.57 Å². The normalized spacial score (nSPS) is 18.0. The van der Waals surface area contributed by atoms with Crippen LogP contribution >= 0.6 is 0 Å². The third kappa shape index (κ3) is 1.92. The zero-order valence-electron chi connectivity index (χ0n) is 9.06. The maximum atomic E-state index is 12.1. The maximum absolute atomic E-state index is 12.1. The zero-order chi connectivity index (χ0) is 10.8. The summed E-state index contributed by atoms with van der Waals surface area (Å²) in [6.45, 7) is 3.19. The van der Waals surface area contributed by atoms with Gasteiger partial charge in [-0.15, -0.1) is 10.2 Å². The molecule has 0 N–H and O–H groups in total. The number of carbonyl (C=O) groups excluding carboxylic acids is 1. The summed E-state index contributed by atoms with van der Waals surface area (Å²) in [5.74, 6) is 1.40. The second kappa shape index (κ2) is 4.10. The third-order valence-corrected chi connectivity index (χ3v) is 2.91. The Bertz CT molecular complexity index is 367. The Morgan fingerprint density at radius 2 is 2.07 bits per heavy atom. The van der Waals surface area contributed by atoms with Gasteiger partial charge in [0.25, 0.3) is 0 Å². The van der Waals surface area contributed by atoms with Crippen LogP contribution < -0.4 is 0 Å². The molecule has 15 heavy (non-hydrogen) atoms. The molecular formula is C10H15N3O2. The molecular weight excluding hydrogens is 194 g/mol. The molecule has 1 aromatic rings. The van der Waals surface area contributed by atoms with Crippen molar-refractivity contribution in [1.82, 2.24) is 14.8 Å². The number of ether oxygens (including phenoxy) is 1. The van der Waals surface area contributed by atoms with E-state index in [1.807, 2.05) is 14.0 Å². The summed E-state index contributed by atoms with van der Waals surface area (Å²) >= 11 is 0. The molecule has 0 atom stereocenters. The van der Waals surface area contributed by atoms with Gasteiger partial charge in [0, 0.05) is 26.2 Å². The highest BCUT2D eigenvalue weighted by molar-refractivity contribution is 5.94. The lowest BCUT2D eigenvalue weighted by molar-refractivity contribution is 0.0535. The standard InChI is InChI=1S/C10H15N3O2/c1-7-11-12-10(13(7)2)9(14)8-3-5-15-6-4-8/h8H,3-6H2,1-2H3. The van der Waals surface area contributed by atoms with Gasteiger partial charge in [-0.25, -0.2) is 0 Å². The molecule has 2 heterocycles. The van der Waals surface area contributed by atoms with E-state index in [-0.39, 0.29) is 11.7 Å². The predicted molar refractivity (Wildman–Crippen MR) is 53.6 cm³/mol. The van der Waals surface area contributed by atoms with Gasteiger partial charge in [-0.2, -0.15) is 0 Å². The molecule has 0 amide bonds. The van der Waals surface area contributed by atoms with Gasteiger partial charge >= 0.3 is 0 Å². The van der Waals surface area contributed by atoms with Crippen LogP contribution in [0.15, 0.2) is 0 Å². The minimum atomic E-state index is 0.0565. The van der Waals surface area contributed by atoms with Crippen LogP contribution in [0.1, 0.15) is 29.3 Å². The molecule has 0 saturated carbocycles. The first kappa shape index (κ1) is 10.3. The lowest BCUT2D eigenvalue weighted by Gasteiger charge is -2.20. The number of aromatic nitrogens is 3. The largest absolute Gasteiger partial charge is 0.381 e. The summed E-state index contributed by atoms with van der Waals surface area (Å²) in [7, 11) is 1.82. The van der Waals surface area contributed by atoms with Crippen molar-refractivity contribution >= 4 is 5.78 Å². The summed E-state index contributed by atoms with van der Waals surface area (Å²) in [6, 6.07) is 0. The molecule has 0 unspecified atom stereocenters. The highest BCUT2D eigenvalue weighted by Crippen LogP contribution is 2.19. The maximum Gasteiger partial charge on any atom is 0.203 e. The molecule has 1 aliphatic rings. The Morgan fingerprint density at radius 3 is 2.60 bits per heavy atom. The summed E-state index contributed by atoms with van der Waals surface area (Å²) in [5, 5.41) is 7.81. The fourth-order valence-electron chi connectivity index (χ4n) is 1.76. The molecule has 0 spiro atoms. The van der Waals surface area contributed by atoms with Crippen molar-refractivity contribution in [3.8, 4) is 0 Å². The van der Waals surface area contributed by atoms with E-state index < -0.39 is 0 Å². The van der Waals surface area contributed by atoms with E-state index in [4.69, 9.17) is 4.74 Å². The smallest absolute Gasteiger partial charge is 0.203 e. The van der Waals surface area contributed by atoms with Crippen LogP contribution in [0.2, 0.25) is 0 Å². The van der Waals surface area contributed by atoms with Gasteiger partial charge in [0.2, 0.25) is 5.78 Å². The fraction of sp³-hybridized carbons (Fsp3) is 0.700. The number of rotatable bonds is 2. The molecule has 2 rings (SSSR count). The molecule has 1 fully saturated rings. The van der Waals surface area contributed by atoms with Gasteiger partial charge in [-0.05, 0) is 19.8 Å². The summed E-state index contributed by atoms with van der Waals surface area (Å²) in [5.41, 5.74) is 0. The second-order valence-corrected chi connectivity index (χ2v) is 3.88. The topological polar surface area (TPSA) is 57.0 Å². The van der Waals surface area contributed by atoms with Crippen LogP contribution in [-0.4, -0.2) is 33.8 Å². The van der Waals surface area contributed by atoms with Crippen LogP contribution in [0.5, 0.6) is 0 Å². The molecule has 82 valence electrons. The number of hydrogen-bond acceptors (Lipinski definition) is 4. The molecule has 0 aliphatic carbocycles. The van der Waals surface area contributed by atoms with Crippen LogP contribution in [0.4, 0.5) is 0 Å². The first-order valence-electron chi connectivity index (χ1n) is 5.18. The van der Waals surface area contributed by atoms with E-state index in [2.05, 4.69) is 10.2 Å². The van der Waals surface area contributed by atoms with Crippen molar-refractivity contribution in [1.29, 1.82) is 0 Å². The molecule has 0 radical (unpaired) electrons. The van der Waals surface area contributed by atoms with Gasteiger partial charge in [0.1, 0.15) is 5.82 Å². The van der Waals surface area contributed by atoms with Gasteiger partial charge in [-0.3, -0.25) is 4.79 Å². The minimum Gasteiger partial charge on any atom is -0.381 e. The van der Waals surface area contributed by atoms with Crippen molar-refractivity contribution in [2.45, 2.75) is 19.8 Å². The number of nitrogens with zero attached hydrogens (tertiary/aromatic N) is 3. The molecule has 0 aromatic carbocycles. The Kier molecular flexibility index (Phi) is 2.81. The molecule has 0 bridgehead atoms. The summed E-state index contributed by atoms with van der Waals surface area (Å²) < 4.78 is 6.97. The number of hydrogen-bond donors (Lipinski definition) is 0. The Labute approximate surface area is 88.4 Å². The van der Waals surface area contributed by atoms with Crippen molar-refractivity contribution in [2.24, 2.45) is 13.0 Å². The van der Waals surface area contributed by atoms with E-state index in [9.17, 15) is 4.79 Å². The summed E-state index contributed by atoms with van der Waals surface area (Å²) in [4.78, 5) is 12.1. The molecule has 1 saturated heterocycles. The lowest BCUT2D eigenvalue weighted by Crippen LogP contribution is -2.25. The first-order valence-corrected chi connectivity index (χ1v) is 5.18. The van der Waals surface area contributed by atoms with E-state index in [1.165, 1.54) is 0 Å². The van der Waals surface area contributed by atoms with E-state index in [0.717, 1.165) is 18.7 Å². The molecule has 1 aromatic heterocycles. The first-order chi connectivity index (χ1) is 7.20. The van der Waals surface area contributed by atoms with Crippen molar-refractivity contribution < 1.29 is 9.53 Å². The van der Waals surface area contributed by atoms with Gasteiger partial charge in [0.05, 0.1) is 0 Å². The van der Waals surface area contributed by atoms with Crippen LogP contribution in [0.25, 0.3) is 0 Å². The quantitative estimate of drug-likeness (QED) is 0.674. The zero-order valence-corrected chi connectivity index (χ0v) is 9.06. The van der Waals surface area contributed by atoms with Crippen molar-refractivity contribution in [3.05, 3.63) is 11.6 Å². The molecule has 5 heteroatoms. The number of carbonyl (C=O) groups is 1. The molecule has 1 aliphatic heterocycles. The van der Waals surface area contributed by atoms with Crippen LogP contribution in [-0.2, 0) is 11.8 Å². The predicted octanol–water partition coefficient (Wildman–Crippen LogP) is 0.733. The average molecular weight is 209 g/mol. The Morgan fingerprint density at radius 1 is 1.40 bits per heavy atom. The average Bonchev–Trinajstić information content (AvgIpc) is 2.60. The highest BCUT2D eigenvalue weighted by atomic mass is 16.5. The Balaban J connectivity index is 2.16. The highest BCUT2D eigenvalue weighted by Gasteiger charge is 2.26. The van der Waals surface area contributed by atoms with Crippen molar-refractivity contribution in [3.63, 3.8) is 0 Å². The number of Topliss-reactive ketones (excluding diaryl/α,β-unsaturated/α-hetero) is 1. The number of aryl methyl sites for hydroxylation is 1. The van der Waals surface area contributed by atoms with Crippen LogP contribution in [0, 0.1) is 12.8 Å². The van der Waals surface area contributed by atoms with Gasteiger partial charge in [0.15, 0.2) is 5.82 Å². The van der Waals surface area contributed by atoms with Gasteiger partial charge < -0.3 is 9.30 Å². The lowest BCUT2D eigenvalue weighted by atomic mass is 9.95. The second-order valence-electron chi connectivity index (χ2n) is 3.88. The summed E-state index contributed by atoms with van der Waals surface area (Å²) in [6.07, 6.45) is 1.59. The molecule has 5 nitrogen and oxygen atoms in total. The third-order valence-electron chi connectivity index (χ3n) is 2.91. The van der Waals surface area contributed by atoms with E-state index in [0.29, 0.717) is 19.0 Å². The van der Waals surface area contributed by atoms with Crippen LogP contribution in [0.3, 0.4) is 0 Å². The SMILES string of the molecule is Cc1nnc(C(=O)C2CCOCC2)n1C. The van der Waals surface area contributed by atoms with E-state index >= 15 is 0 Å². The van der Waals surface area contributed by atoms with Gasteiger partial charge in [-0.1, -0.05) is 0 Å². The monoisotopic (exact) mass is 209 g/mol. The van der Waals surface area contributed by atoms with Crippen molar-refractivity contribution in [2.75, 3.05) is 13.2 Å². The minimum absolute atomic E-state index is 0.0565.